The quantitative estimate of drug-likeness (QED) is 0.327. The Hall–Kier alpha value is -1.90. The average molecular weight is 364 g/mol. The number of nitro groups is 1. The smallest absolute Gasteiger partial charge is 0.303 e. The lowest BCUT2D eigenvalue weighted by Crippen LogP contribution is -2.47. The zero-order valence-electron chi connectivity index (χ0n) is 12.1. The van der Waals surface area contributed by atoms with Gasteiger partial charge in [0.25, 0.3) is 11.6 Å². The van der Waals surface area contributed by atoms with E-state index in [0.717, 1.165) is 0 Å². The average Bonchev–Trinajstić information content (AvgIpc) is 2.50. The monoisotopic (exact) mass is 363 g/mol. The third-order valence-electron chi connectivity index (χ3n) is 2.87. The predicted octanol–water partition coefficient (Wildman–Crippen LogP) is 1.45. The summed E-state index contributed by atoms with van der Waals surface area (Å²) in [7, 11) is 0. The molecular formula is C13H15Cl2N3O5. The highest BCUT2D eigenvalue weighted by Gasteiger charge is 2.28. The minimum atomic E-state index is -1.31. The topological polar surface area (TPSA) is 125 Å². The van der Waals surface area contributed by atoms with Crippen molar-refractivity contribution in [3.63, 3.8) is 0 Å². The number of esters is 1. The summed E-state index contributed by atoms with van der Waals surface area (Å²) in [5.74, 6) is -1.29. The lowest BCUT2D eigenvalue weighted by Gasteiger charge is -2.27. The third kappa shape index (κ3) is 5.66. The molecule has 1 rings (SSSR count). The summed E-state index contributed by atoms with van der Waals surface area (Å²) in [4.78, 5) is 31.7. The molecule has 23 heavy (non-hydrogen) atoms. The number of nitrogens with one attached hydrogen (secondary N) is 1. The molecule has 126 valence electrons. The van der Waals surface area contributed by atoms with E-state index in [4.69, 9.17) is 33.7 Å². The second-order valence-corrected chi connectivity index (χ2v) is 5.63. The van der Waals surface area contributed by atoms with E-state index in [1.165, 1.54) is 31.2 Å². The zero-order valence-corrected chi connectivity index (χ0v) is 13.6. The number of hydrogen-bond donors (Lipinski definition) is 2. The van der Waals surface area contributed by atoms with Crippen LogP contribution in [0.4, 0.5) is 5.69 Å². The van der Waals surface area contributed by atoms with E-state index in [1.807, 2.05) is 0 Å². The van der Waals surface area contributed by atoms with Crippen LogP contribution in [0.2, 0.25) is 0 Å². The van der Waals surface area contributed by atoms with Crippen LogP contribution in [0.15, 0.2) is 24.3 Å². The Bertz CT molecular complexity index is 579. The van der Waals surface area contributed by atoms with Gasteiger partial charge in [-0.05, 0) is 17.7 Å². The number of alkyl halides is 2. The molecule has 0 bridgehead atoms. The van der Waals surface area contributed by atoms with Gasteiger partial charge in [-0.25, -0.2) is 0 Å². The van der Waals surface area contributed by atoms with Crippen molar-refractivity contribution in [2.45, 2.75) is 23.9 Å². The van der Waals surface area contributed by atoms with Crippen LogP contribution < -0.4 is 11.1 Å². The van der Waals surface area contributed by atoms with Gasteiger partial charge in [0.05, 0.1) is 11.0 Å². The fraction of sp³-hybridized carbons (Fsp3) is 0.385. The molecule has 2 atom stereocenters. The fourth-order valence-electron chi connectivity index (χ4n) is 1.85. The number of nitrogens with zero attached hydrogens (tertiary/aromatic N) is 1. The van der Waals surface area contributed by atoms with E-state index in [2.05, 4.69) is 5.32 Å². The third-order valence-corrected chi connectivity index (χ3v) is 3.27. The number of non-ortho nitro benzene ring substituents is 1. The summed E-state index contributed by atoms with van der Waals surface area (Å²) in [5, 5.41) is 13.2. The van der Waals surface area contributed by atoms with Crippen molar-refractivity contribution in [3.05, 3.63) is 39.9 Å². The highest BCUT2D eigenvalue weighted by atomic mass is 35.5. The molecule has 3 N–H and O–H groups in total. The molecule has 0 aliphatic rings. The number of ether oxygens (including phenoxy) is 1. The maximum Gasteiger partial charge on any atom is 0.303 e. The number of rotatable bonds is 7. The largest absolute Gasteiger partial charge is 0.455 e. The second-order valence-electron chi connectivity index (χ2n) is 4.53. The minimum absolute atomic E-state index is 0.0683. The molecule has 0 spiro atoms. The SMILES string of the molecule is CC(=O)O[C@H](c1ccc([N+](=O)[O-])cc1)[C@H](CN)NC(=O)C(Cl)Cl. The van der Waals surface area contributed by atoms with Crippen LogP contribution in [0.3, 0.4) is 0 Å². The van der Waals surface area contributed by atoms with Gasteiger partial charge in [-0.15, -0.1) is 0 Å². The Morgan fingerprint density at radius 1 is 1.35 bits per heavy atom. The molecule has 0 unspecified atom stereocenters. The van der Waals surface area contributed by atoms with E-state index in [9.17, 15) is 19.7 Å². The van der Waals surface area contributed by atoms with Crippen molar-refractivity contribution in [2.24, 2.45) is 5.73 Å². The normalized spacial score (nSPS) is 13.3. The van der Waals surface area contributed by atoms with Gasteiger partial charge >= 0.3 is 5.97 Å². The van der Waals surface area contributed by atoms with Gasteiger partial charge in [0, 0.05) is 25.6 Å². The van der Waals surface area contributed by atoms with Crippen LogP contribution in [-0.4, -0.2) is 34.2 Å². The molecular weight excluding hydrogens is 349 g/mol. The van der Waals surface area contributed by atoms with E-state index in [-0.39, 0.29) is 12.2 Å². The van der Waals surface area contributed by atoms with E-state index >= 15 is 0 Å². The van der Waals surface area contributed by atoms with Crippen molar-refractivity contribution >= 4 is 40.8 Å². The molecule has 1 amide bonds. The standard InChI is InChI=1S/C13H15Cl2N3O5/c1-7(19)23-11(10(6-16)17-13(20)12(14)15)8-2-4-9(5-3-8)18(21)22/h2-5,10-12H,6,16H2,1H3,(H,17,20)/t10-,11+/m0/s1. The first-order valence-corrected chi connectivity index (χ1v) is 7.33. The first-order valence-electron chi connectivity index (χ1n) is 6.46. The number of benzene rings is 1. The molecule has 0 saturated heterocycles. The van der Waals surface area contributed by atoms with Crippen LogP contribution >= 0.6 is 23.2 Å². The van der Waals surface area contributed by atoms with Gasteiger partial charge in [-0.3, -0.25) is 19.7 Å². The first-order chi connectivity index (χ1) is 10.8. The van der Waals surface area contributed by atoms with Crippen LogP contribution in [0.25, 0.3) is 0 Å². The molecule has 0 saturated carbocycles. The van der Waals surface area contributed by atoms with Crippen LogP contribution in [-0.2, 0) is 14.3 Å². The molecule has 10 heteroatoms. The molecule has 0 heterocycles. The number of carbonyl (C=O) groups excluding carboxylic acids is 2. The van der Waals surface area contributed by atoms with Crippen LogP contribution in [0.5, 0.6) is 0 Å². The molecule has 1 aromatic rings. The van der Waals surface area contributed by atoms with Crippen molar-refractivity contribution in [1.29, 1.82) is 0 Å². The second kappa shape index (κ2) is 8.66. The first kappa shape index (κ1) is 19.1. The Balaban J connectivity index is 3.08. The predicted molar refractivity (Wildman–Crippen MR) is 84.1 cm³/mol. The summed E-state index contributed by atoms with van der Waals surface area (Å²) in [6, 6.07) is 4.55. The van der Waals surface area contributed by atoms with Crippen LogP contribution in [0, 0.1) is 10.1 Å². The summed E-state index contributed by atoms with van der Waals surface area (Å²) in [6.45, 7) is 1.13. The van der Waals surface area contributed by atoms with Crippen molar-refractivity contribution in [1.82, 2.24) is 5.32 Å². The van der Waals surface area contributed by atoms with Gasteiger partial charge in [0.1, 0.15) is 6.10 Å². The van der Waals surface area contributed by atoms with Gasteiger partial charge in [0.2, 0.25) is 0 Å². The minimum Gasteiger partial charge on any atom is -0.455 e. The lowest BCUT2D eigenvalue weighted by atomic mass is 10.0. The Morgan fingerprint density at radius 2 is 1.91 bits per heavy atom. The van der Waals surface area contributed by atoms with Gasteiger partial charge in [-0.1, -0.05) is 23.2 Å². The van der Waals surface area contributed by atoms with Crippen molar-refractivity contribution < 1.29 is 19.2 Å². The summed E-state index contributed by atoms with van der Waals surface area (Å²) >= 11 is 10.9. The van der Waals surface area contributed by atoms with E-state index in [1.54, 1.807) is 0 Å². The molecule has 0 radical (unpaired) electrons. The Labute approximate surface area is 142 Å². The lowest BCUT2D eigenvalue weighted by molar-refractivity contribution is -0.384. The molecule has 0 aliphatic heterocycles. The summed E-state index contributed by atoms with van der Waals surface area (Å²) in [5.41, 5.74) is 5.93. The van der Waals surface area contributed by atoms with Gasteiger partial charge in [-0.2, -0.15) is 0 Å². The van der Waals surface area contributed by atoms with Crippen LogP contribution in [0.1, 0.15) is 18.6 Å². The van der Waals surface area contributed by atoms with Crippen molar-refractivity contribution in [3.8, 4) is 0 Å². The van der Waals surface area contributed by atoms with Crippen molar-refractivity contribution in [2.75, 3.05) is 6.54 Å². The number of amides is 1. The number of nitrogens with two attached hydrogens (primary N) is 1. The molecule has 1 aromatic carbocycles. The number of carbonyl (C=O) groups is 2. The molecule has 0 aromatic heterocycles. The Morgan fingerprint density at radius 3 is 2.30 bits per heavy atom. The number of hydrogen-bond acceptors (Lipinski definition) is 6. The Kier molecular flexibility index (Phi) is 7.21. The maximum absolute atomic E-state index is 11.6. The van der Waals surface area contributed by atoms with E-state index < -0.39 is 33.8 Å². The maximum atomic E-state index is 11.6. The molecule has 0 aliphatic carbocycles. The zero-order chi connectivity index (χ0) is 17.6. The summed E-state index contributed by atoms with van der Waals surface area (Å²) in [6.07, 6.45) is -0.936. The number of halogens is 2. The number of nitro benzene ring substituents is 1. The molecule has 0 fully saturated rings. The fourth-order valence-corrected chi connectivity index (χ4v) is 1.98. The highest BCUT2D eigenvalue weighted by Crippen LogP contribution is 2.24. The highest BCUT2D eigenvalue weighted by molar-refractivity contribution is 6.53. The summed E-state index contributed by atoms with van der Waals surface area (Å²) < 4.78 is 5.18. The molecule has 8 nitrogen and oxygen atoms in total. The van der Waals surface area contributed by atoms with Gasteiger partial charge in [0.15, 0.2) is 4.84 Å². The van der Waals surface area contributed by atoms with E-state index in [0.29, 0.717) is 5.56 Å². The van der Waals surface area contributed by atoms with Gasteiger partial charge < -0.3 is 15.8 Å².